The molecule has 2 rings (SSSR count). The Balaban J connectivity index is 2.38. The molecule has 0 radical (unpaired) electrons. The Bertz CT molecular complexity index is 310. The van der Waals surface area contributed by atoms with Crippen molar-refractivity contribution in [3.8, 4) is 0 Å². The smallest absolute Gasteiger partial charge is 0.336 e. The first-order valence-corrected chi connectivity index (χ1v) is 4.76. The van der Waals surface area contributed by atoms with Crippen LogP contribution in [0.3, 0.4) is 0 Å². The largest absolute Gasteiger partial charge is 0.425 e. The lowest BCUT2D eigenvalue weighted by Gasteiger charge is -2.37. The van der Waals surface area contributed by atoms with Crippen LogP contribution in [0.15, 0.2) is 11.1 Å². The molecule has 0 aliphatic carbocycles. The number of hydrogen-bond donors (Lipinski definition) is 0. The standard InChI is InChI=1S/C10H15NO3/c1-7-8-6-11(2)5-4-10(8,13-3)14-9(7)12/h4-6H2,1-3H3. The minimum absolute atomic E-state index is 0.239. The Hall–Kier alpha value is -0.870. The van der Waals surface area contributed by atoms with E-state index in [4.69, 9.17) is 9.47 Å². The number of likely N-dealkylation sites (N-methyl/N-ethyl adjacent to an activating group) is 1. The van der Waals surface area contributed by atoms with Crippen LogP contribution in [0.25, 0.3) is 0 Å². The van der Waals surface area contributed by atoms with E-state index < -0.39 is 5.79 Å². The fraction of sp³-hybridized carbons (Fsp3) is 0.700. The number of esters is 1. The van der Waals surface area contributed by atoms with Gasteiger partial charge >= 0.3 is 5.97 Å². The third-order valence-corrected chi connectivity index (χ3v) is 3.06. The molecule has 14 heavy (non-hydrogen) atoms. The van der Waals surface area contributed by atoms with E-state index in [1.807, 2.05) is 7.05 Å². The third kappa shape index (κ3) is 1.18. The first-order valence-electron chi connectivity index (χ1n) is 4.76. The summed E-state index contributed by atoms with van der Waals surface area (Å²) in [6.45, 7) is 3.45. The lowest BCUT2D eigenvalue weighted by molar-refractivity contribution is -0.200. The number of hydrogen-bond acceptors (Lipinski definition) is 4. The summed E-state index contributed by atoms with van der Waals surface area (Å²) in [5.41, 5.74) is 1.69. The average Bonchev–Trinajstić information content (AvgIpc) is 2.42. The highest BCUT2D eigenvalue weighted by atomic mass is 16.7. The summed E-state index contributed by atoms with van der Waals surface area (Å²) in [6, 6.07) is 0. The molecule has 0 amide bonds. The average molecular weight is 197 g/mol. The van der Waals surface area contributed by atoms with Crippen LogP contribution >= 0.6 is 0 Å². The minimum atomic E-state index is -0.756. The van der Waals surface area contributed by atoms with Crippen LogP contribution < -0.4 is 0 Å². The molecular formula is C10H15NO3. The van der Waals surface area contributed by atoms with Gasteiger partial charge in [0.1, 0.15) is 0 Å². The molecule has 1 fully saturated rings. The van der Waals surface area contributed by atoms with E-state index in [0.29, 0.717) is 5.57 Å². The van der Waals surface area contributed by atoms with E-state index in [1.165, 1.54) is 0 Å². The van der Waals surface area contributed by atoms with Crippen LogP contribution in [-0.2, 0) is 14.3 Å². The van der Waals surface area contributed by atoms with Crippen molar-refractivity contribution in [2.24, 2.45) is 0 Å². The summed E-state index contributed by atoms with van der Waals surface area (Å²) in [4.78, 5) is 13.6. The van der Waals surface area contributed by atoms with Crippen molar-refractivity contribution < 1.29 is 14.3 Å². The Morgan fingerprint density at radius 3 is 2.93 bits per heavy atom. The second-order valence-corrected chi connectivity index (χ2v) is 3.94. The first kappa shape index (κ1) is 9.68. The highest BCUT2D eigenvalue weighted by Crippen LogP contribution is 2.39. The second-order valence-electron chi connectivity index (χ2n) is 3.94. The molecule has 78 valence electrons. The number of carbonyl (C=O) groups excluding carboxylic acids is 1. The molecule has 2 aliphatic rings. The number of methoxy groups -OCH3 is 1. The van der Waals surface area contributed by atoms with Crippen LogP contribution in [0, 0.1) is 0 Å². The van der Waals surface area contributed by atoms with Gasteiger partial charge in [-0.15, -0.1) is 0 Å². The number of nitrogens with zero attached hydrogens (tertiary/aromatic N) is 1. The van der Waals surface area contributed by atoms with E-state index in [1.54, 1.807) is 14.0 Å². The summed E-state index contributed by atoms with van der Waals surface area (Å²) < 4.78 is 10.7. The van der Waals surface area contributed by atoms with Crippen molar-refractivity contribution >= 4 is 5.97 Å². The number of rotatable bonds is 1. The van der Waals surface area contributed by atoms with Crippen LogP contribution in [0.5, 0.6) is 0 Å². The zero-order valence-corrected chi connectivity index (χ0v) is 8.79. The highest BCUT2D eigenvalue weighted by Gasteiger charge is 2.48. The summed E-state index contributed by atoms with van der Waals surface area (Å²) in [6.07, 6.45) is 0.721. The Morgan fingerprint density at radius 1 is 1.57 bits per heavy atom. The SMILES string of the molecule is COC12CCN(C)CC1=C(C)C(=O)O2. The molecule has 0 saturated carbocycles. The van der Waals surface area contributed by atoms with E-state index in [-0.39, 0.29) is 5.97 Å². The van der Waals surface area contributed by atoms with Crippen molar-refractivity contribution in [3.63, 3.8) is 0 Å². The predicted octanol–water partition coefficient (Wildman–Crippen LogP) is 0.538. The maximum absolute atomic E-state index is 11.4. The monoisotopic (exact) mass is 197 g/mol. The normalized spacial score (nSPS) is 33.2. The maximum Gasteiger partial charge on any atom is 0.336 e. The molecule has 4 heteroatoms. The van der Waals surface area contributed by atoms with Crippen LogP contribution in [0.2, 0.25) is 0 Å². The van der Waals surface area contributed by atoms with Gasteiger partial charge < -0.3 is 14.4 Å². The summed E-state index contributed by atoms with van der Waals surface area (Å²) in [5.74, 6) is -0.995. The third-order valence-electron chi connectivity index (χ3n) is 3.06. The molecule has 0 bridgehead atoms. The van der Waals surface area contributed by atoms with Crippen molar-refractivity contribution in [2.75, 3.05) is 27.2 Å². The van der Waals surface area contributed by atoms with Crippen molar-refractivity contribution in [2.45, 2.75) is 19.1 Å². The predicted molar refractivity (Wildman–Crippen MR) is 50.6 cm³/mol. The zero-order chi connectivity index (χ0) is 10.3. The van der Waals surface area contributed by atoms with Gasteiger partial charge in [0, 0.05) is 37.8 Å². The topological polar surface area (TPSA) is 38.8 Å². The lowest BCUT2D eigenvalue weighted by Crippen LogP contribution is -2.46. The fourth-order valence-electron chi connectivity index (χ4n) is 2.09. The van der Waals surface area contributed by atoms with Gasteiger partial charge in [-0.2, -0.15) is 0 Å². The van der Waals surface area contributed by atoms with Crippen molar-refractivity contribution in [1.29, 1.82) is 0 Å². The quantitative estimate of drug-likeness (QED) is 0.575. The number of fused-ring (bicyclic) bond motifs is 1. The first-order chi connectivity index (χ1) is 6.59. The number of carbonyl (C=O) groups is 1. The summed E-state index contributed by atoms with van der Waals surface area (Å²) in [7, 11) is 3.62. The molecule has 0 aromatic rings. The zero-order valence-electron chi connectivity index (χ0n) is 8.79. The number of ether oxygens (including phenoxy) is 2. The van der Waals surface area contributed by atoms with E-state index >= 15 is 0 Å². The van der Waals surface area contributed by atoms with Crippen molar-refractivity contribution in [3.05, 3.63) is 11.1 Å². The summed E-state index contributed by atoms with van der Waals surface area (Å²) in [5, 5.41) is 0. The van der Waals surface area contributed by atoms with Crippen LogP contribution in [0.4, 0.5) is 0 Å². The van der Waals surface area contributed by atoms with Gasteiger partial charge in [0.15, 0.2) is 0 Å². The van der Waals surface area contributed by atoms with Gasteiger partial charge in [-0.05, 0) is 14.0 Å². The lowest BCUT2D eigenvalue weighted by atomic mass is 9.96. The van der Waals surface area contributed by atoms with Gasteiger partial charge in [-0.25, -0.2) is 4.79 Å². The molecule has 1 saturated heterocycles. The Labute approximate surface area is 83.5 Å². The number of piperidine rings is 1. The molecule has 0 aromatic carbocycles. The molecule has 1 unspecified atom stereocenters. The van der Waals surface area contributed by atoms with E-state index in [9.17, 15) is 4.79 Å². The highest BCUT2D eigenvalue weighted by molar-refractivity contribution is 5.92. The number of likely N-dealkylation sites (tertiary alicyclic amines) is 1. The fourth-order valence-corrected chi connectivity index (χ4v) is 2.09. The van der Waals surface area contributed by atoms with Gasteiger partial charge in [0.05, 0.1) is 0 Å². The maximum atomic E-state index is 11.4. The van der Waals surface area contributed by atoms with E-state index in [0.717, 1.165) is 25.1 Å². The molecule has 1 atom stereocenters. The second kappa shape index (κ2) is 3.07. The van der Waals surface area contributed by atoms with Crippen LogP contribution in [-0.4, -0.2) is 43.9 Å². The molecule has 2 heterocycles. The molecular weight excluding hydrogens is 182 g/mol. The van der Waals surface area contributed by atoms with Gasteiger partial charge in [0.2, 0.25) is 5.79 Å². The molecule has 0 N–H and O–H groups in total. The van der Waals surface area contributed by atoms with Crippen molar-refractivity contribution in [1.82, 2.24) is 4.90 Å². The molecule has 2 aliphatic heterocycles. The van der Waals surface area contributed by atoms with Crippen LogP contribution in [0.1, 0.15) is 13.3 Å². The summed E-state index contributed by atoms with van der Waals surface area (Å²) >= 11 is 0. The molecule has 0 aromatic heterocycles. The van der Waals surface area contributed by atoms with Gasteiger partial charge in [-0.1, -0.05) is 0 Å². The Morgan fingerprint density at radius 2 is 2.29 bits per heavy atom. The minimum Gasteiger partial charge on any atom is -0.425 e. The molecule has 0 spiro atoms. The Kier molecular flexibility index (Phi) is 2.12. The van der Waals surface area contributed by atoms with Gasteiger partial charge in [0.25, 0.3) is 0 Å². The van der Waals surface area contributed by atoms with E-state index in [2.05, 4.69) is 4.90 Å². The molecule has 4 nitrogen and oxygen atoms in total. The van der Waals surface area contributed by atoms with Gasteiger partial charge in [-0.3, -0.25) is 0 Å².